The molecule has 1 unspecified atom stereocenters. The van der Waals surface area contributed by atoms with E-state index in [1.54, 1.807) is 35.2 Å². The van der Waals surface area contributed by atoms with Crippen LogP contribution < -0.4 is 15.6 Å². The number of methoxy groups -OCH3 is 1. The fraction of sp³-hybridized carbons (Fsp3) is 0.250. The Kier molecular flexibility index (Phi) is 4.94. The normalized spacial score (nSPS) is 16.0. The number of carbonyl (C=O) groups excluding carboxylic acids is 2. The van der Waals surface area contributed by atoms with Crippen molar-refractivity contribution in [2.24, 2.45) is 0 Å². The Hall–Kier alpha value is -3.75. The van der Waals surface area contributed by atoms with Crippen LogP contribution in [0.5, 0.6) is 5.88 Å². The van der Waals surface area contributed by atoms with Crippen LogP contribution >= 0.6 is 0 Å². The van der Waals surface area contributed by atoms with Crippen LogP contribution in [0.2, 0.25) is 0 Å². The topological polar surface area (TPSA) is 117 Å². The molecule has 9 nitrogen and oxygen atoms in total. The molecule has 0 saturated carbocycles. The summed E-state index contributed by atoms with van der Waals surface area (Å²) in [5, 5.41) is 10.2. The summed E-state index contributed by atoms with van der Waals surface area (Å²) in [6.07, 6.45) is 3.69. The molecule has 3 aromatic rings. The summed E-state index contributed by atoms with van der Waals surface area (Å²) >= 11 is 0. The van der Waals surface area contributed by atoms with Gasteiger partial charge in [0.2, 0.25) is 5.88 Å². The predicted octanol–water partition coefficient (Wildman–Crippen LogP) is 0.971. The molecule has 0 bridgehead atoms. The van der Waals surface area contributed by atoms with Crippen LogP contribution in [-0.2, 0) is 0 Å². The van der Waals surface area contributed by atoms with E-state index < -0.39 is 0 Å². The summed E-state index contributed by atoms with van der Waals surface area (Å²) < 4.78 is 5.04. The molecule has 1 saturated heterocycles. The molecule has 2 aromatic heterocycles. The molecule has 2 amide bonds. The summed E-state index contributed by atoms with van der Waals surface area (Å²) in [4.78, 5) is 42.7. The van der Waals surface area contributed by atoms with Crippen molar-refractivity contribution in [3.8, 4) is 5.88 Å². The largest absolute Gasteiger partial charge is 0.481 e. The Labute approximate surface area is 165 Å². The van der Waals surface area contributed by atoms with Crippen molar-refractivity contribution in [2.45, 2.75) is 12.5 Å². The van der Waals surface area contributed by atoms with E-state index in [0.717, 1.165) is 0 Å². The van der Waals surface area contributed by atoms with Crippen molar-refractivity contribution in [1.82, 2.24) is 25.4 Å². The van der Waals surface area contributed by atoms with E-state index in [2.05, 4.69) is 20.5 Å². The van der Waals surface area contributed by atoms with Crippen LogP contribution in [0.15, 0.2) is 47.5 Å². The van der Waals surface area contributed by atoms with Crippen LogP contribution in [-0.4, -0.2) is 58.1 Å². The first-order valence-electron chi connectivity index (χ1n) is 9.13. The third-order valence-electron chi connectivity index (χ3n) is 4.93. The number of hydrogen-bond acceptors (Lipinski definition) is 6. The van der Waals surface area contributed by atoms with Gasteiger partial charge < -0.3 is 15.0 Å². The Balaban J connectivity index is 1.43. The average molecular weight is 393 g/mol. The Morgan fingerprint density at radius 3 is 2.93 bits per heavy atom. The highest BCUT2D eigenvalue weighted by Crippen LogP contribution is 2.18. The lowest BCUT2D eigenvalue weighted by Gasteiger charge is -2.17. The van der Waals surface area contributed by atoms with Crippen molar-refractivity contribution in [2.75, 3.05) is 20.2 Å². The van der Waals surface area contributed by atoms with Crippen LogP contribution in [0.4, 0.5) is 0 Å². The highest BCUT2D eigenvalue weighted by atomic mass is 16.5. The van der Waals surface area contributed by atoms with Gasteiger partial charge in [-0.25, -0.2) is 10.1 Å². The minimum atomic E-state index is -0.293. The van der Waals surface area contributed by atoms with Crippen LogP contribution in [0.1, 0.15) is 27.1 Å². The zero-order chi connectivity index (χ0) is 20.4. The van der Waals surface area contributed by atoms with Crippen molar-refractivity contribution in [3.05, 3.63) is 64.2 Å². The quantitative estimate of drug-likeness (QED) is 0.682. The Morgan fingerprint density at radius 2 is 2.10 bits per heavy atom. The smallest absolute Gasteiger partial charge is 0.272 e. The number of fused-ring (bicyclic) bond motifs is 1. The summed E-state index contributed by atoms with van der Waals surface area (Å²) in [7, 11) is 1.49. The van der Waals surface area contributed by atoms with Crippen LogP contribution in [0, 0.1) is 0 Å². The molecular formula is C20H19N5O4. The van der Waals surface area contributed by atoms with Gasteiger partial charge in [0, 0.05) is 47.9 Å². The Bertz CT molecular complexity index is 1140. The maximum absolute atomic E-state index is 12.8. The molecule has 4 rings (SSSR count). The number of nitrogens with zero attached hydrogens (tertiary/aromatic N) is 3. The van der Waals surface area contributed by atoms with E-state index in [-0.39, 0.29) is 23.4 Å². The summed E-state index contributed by atoms with van der Waals surface area (Å²) in [6, 6.07) is 7.95. The molecule has 0 aliphatic carbocycles. The van der Waals surface area contributed by atoms with Gasteiger partial charge in [-0.3, -0.25) is 14.4 Å². The van der Waals surface area contributed by atoms with E-state index in [1.807, 2.05) is 0 Å². The maximum atomic E-state index is 12.8. The highest BCUT2D eigenvalue weighted by Gasteiger charge is 2.28. The first-order chi connectivity index (χ1) is 14.0. The third-order valence-corrected chi connectivity index (χ3v) is 4.93. The number of H-pyrrole nitrogens is 1. The molecule has 29 heavy (non-hydrogen) atoms. The molecule has 3 heterocycles. The number of ether oxygens (including phenoxy) is 1. The number of carbonyl (C=O) groups is 2. The molecule has 1 fully saturated rings. The van der Waals surface area contributed by atoms with Gasteiger partial charge in [0.15, 0.2) is 0 Å². The average Bonchev–Trinajstić information content (AvgIpc) is 3.21. The van der Waals surface area contributed by atoms with Gasteiger partial charge in [-0.05, 0) is 30.7 Å². The number of nitrogens with one attached hydrogen (secondary N) is 2. The number of likely N-dealkylation sites (tertiary alicyclic amines) is 1. The third kappa shape index (κ3) is 3.79. The molecule has 148 valence electrons. The van der Waals surface area contributed by atoms with Gasteiger partial charge in [-0.15, -0.1) is 0 Å². The zero-order valence-electron chi connectivity index (χ0n) is 15.7. The van der Waals surface area contributed by atoms with Crippen molar-refractivity contribution in [3.63, 3.8) is 0 Å². The second-order valence-electron chi connectivity index (χ2n) is 6.80. The van der Waals surface area contributed by atoms with Crippen LogP contribution in [0.3, 0.4) is 0 Å². The first-order valence-corrected chi connectivity index (χ1v) is 9.13. The summed E-state index contributed by atoms with van der Waals surface area (Å²) in [5.41, 5.74) is 0.641. The Morgan fingerprint density at radius 1 is 1.24 bits per heavy atom. The van der Waals surface area contributed by atoms with E-state index in [4.69, 9.17) is 4.74 Å². The fourth-order valence-electron chi connectivity index (χ4n) is 3.41. The molecule has 1 aliphatic rings. The number of hydrogen-bond donors (Lipinski definition) is 2. The van der Waals surface area contributed by atoms with Gasteiger partial charge >= 0.3 is 0 Å². The first kappa shape index (κ1) is 18.6. The minimum absolute atomic E-state index is 0.143. The monoisotopic (exact) mass is 393 g/mol. The van der Waals surface area contributed by atoms with E-state index in [0.29, 0.717) is 47.3 Å². The van der Waals surface area contributed by atoms with Crippen molar-refractivity contribution < 1.29 is 14.3 Å². The number of aromatic nitrogens is 3. The molecule has 0 radical (unpaired) electrons. The predicted molar refractivity (Wildman–Crippen MR) is 105 cm³/mol. The van der Waals surface area contributed by atoms with Gasteiger partial charge in [0.25, 0.3) is 17.4 Å². The molecule has 1 aliphatic heterocycles. The van der Waals surface area contributed by atoms with Gasteiger partial charge in [0.1, 0.15) is 0 Å². The lowest BCUT2D eigenvalue weighted by atomic mass is 10.1. The van der Waals surface area contributed by atoms with Crippen LogP contribution in [0.25, 0.3) is 10.8 Å². The highest BCUT2D eigenvalue weighted by molar-refractivity contribution is 5.98. The van der Waals surface area contributed by atoms with E-state index >= 15 is 0 Å². The SMILES string of the molecule is COc1cc(C(=O)NC2CCN(C(=O)c3ccc4c(=O)[nH]ncc4c3)C2)ccn1. The fourth-order valence-corrected chi connectivity index (χ4v) is 3.41. The minimum Gasteiger partial charge on any atom is -0.481 e. The van der Waals surface area contributed by atoms with Gasteiger partial charge in [0.05, 0.1) is 18.7 Å². The van der Waals surface area contributed by atoms with Gasteiger partial charge in [-0.2, -0.15) is 5.10 Å². The number of amides is 2. The van der Waals surface area contributed by atoms with Crippen molar-refractivity contribution in [1.29, 1.82) is 0 Å². The standard InChI is InChI=1S/C20H19N5O4/c1-29-17-9-12(4-6-21-17)18(26)23-15-5-7-25(11-15)20(28)13-2-3-16-14(8-13)10-22-24-19(16)27/h2-4,6,8-10,15H,5,7,11H2,1H3,(H,23,26)(H,24,27). The van der Waals surface area contributed by atoms with E-state index in [9.17, 15) is 14.4 Å². The second kappa shape index (κ2) is 7.70. The lowest BCUT2D eigenvalue weighted by Crippen LogP contribution is -2.38. The molecule has 9 heteroatoms. The molecule has 2 N–H and O–H groups in total. The zero-order valence-corrected chi connectivity index (χ0v) is 15.7. The number of pyridine rings is 1. The van der Waals surface area contributed by atoms with E-state index in [1.165, 1.54) is 19.5 Å². The molecular weight excluding hydrogens is 374 g/mol. The molecule has 0 spiro atoms. The second-order valence-corrected chi connectivity index (χ2v) is 6.80. The summed E-state index contributed by atoms with van der Waals surface area (Å²) in [5.74, 6) is -0.0129. The maximum Gasteiger partial charge on any atom is 0.272 e. The number of rotatable bonds is 4. The molecule has 1 aromatic carbocycles. The lowest BCUT2D eigenvalue weighted by molar-refractivity contribution is 0.0783. The number of benzene rings is 1. The number of aromatic amines is 1. The van der Waals surface area contributed by atoms with Crippen molar-refractivity contribution >= 4 is 22.6 Å². The summed E-state index contributed by atoms with van der Waals surface area (Å²) in [6.45, 7) is 0.952. The van der Waals surface area contributed by atoms with Gasteiger partial charge in [-0.1, -0.05) is 0 Å². The molecule has 1 atom stereocenters.